The van der Waals surface area contributed by atoms with Gasteiger partial charge in [0.25, 0.3) is 0 Å². The van der Waals surface area contributed by atoms with E-state index in [1.807, 2.05) is 0 Å². The second-order valence-corrected chi connectivity index (χ2v) is 7.70. The molecule has 0 bridgehead atoms. The van der Waals surface area contributed by atoms with E-state index in [4.69, 9.17) is 0 Å². The van der Waals surface area contributed by atoms with Gasteiger partial charge in [0.2, 0.25) is 5.91 Å². The lowest BCUT2D eigenvalue weighted by Crippen LogP contribution is -2.52. The number of para-hydroxylation sites is 1. The minimum Gasteiger partial charge on any atom is -0.368 e. The molecule has 0 saturated carbocycles. The molecular formula is C21H33N3O. The first kappa shape index (κ1) is 18.2. The van der Waals surface area contributed by atoms with Gasteiger partial charge < -0.3 is 14.7 Å². The van der Waals surface area contributed by atoms with Crippen LogP contribution in [0.2, 0.25) is 0 Å². The van der Waals surface area contributed by atoms with Gasteiger partial charge in [-0.25, -0.2) is 0 Å². The highest BCUT2D eigenvalue weighted by atomic mass is 16.2. The first-order valence-corrected chi connectivity index (χ1v) is 9.95. The van der Waals surface area contributed by atoms with Crippen LogP contribution in [-0.2, 0) is 11.2 Å². The summed E-state index contributed by atoms with van der Waals surface area (Å²) in [7, 11) is 0. The maximum Gasteiger partial charge on any atom is 0.225 e. The molecule has 0 N–H and O–H groups in total. The molecule has 2 heterocycles. The smallest absolute Gasteiger partial charge is 0.225 e. The van der Waals surface area contributed by atoms with E-state index in [9.17, 15) is 4.79 Å². The number of amides is 1. The number of likely N-dealkylation sites (tertiary alicyclic amines) is 1. The number of carbonyl (C=O) groups is 1. The molecule has 3 rings (SSSR count). The van der Waals surface area contributed by atoms with Crippen LogP contribution in [-0.4, -0.2) is 61.0 Å². The zero-order valence-electron chi connectivity index (χ0n) is 16.1. The van der Waals surface area contributed by atoms with Crippen molar-refractivity contribution in [3.63, 3.8) is 0 Å². The summed E-state index contributed by atoms with van der Waals surface area (Å²) in [5, 5.41) is 0. The Hall–Kier alpha value is -1.55. The number of carbonyl (C=O) groups excluding carboxylic acids is 1. The van der Waals surface area contributed by atoms with Gasteiger partial charge in [0, 0.05) is 43.8 Å². The van der Waals surface area contributed by atoms with Gasteiger partial charge in [0.1, 0.15) is 0 Å². The molecule has 138 valence electrons. The largest absolute Gasteiger partial charge is 0.368 e. The summed E-state index contributed by atoms with van der Waals surface area (Å²) < 4.78 is 0. The molecule has 4 nitrogen and oxygen atoms in total. The van der Waals surface area contributed by atoms with Crippen molar-refractivity contribution in [2.24, 2.45) is 5.92 Å². The van der Waals surface area contributed by atoms with Crippen LogP contribution in [0, 0.1) is 5.92 Å². The third-order valence-electron chi connectivity index (χ3n) is 5.91. The van der Waals surface area contributed by atoms with Crippen molar-refractivity contribution in [3.8, 4) is 0 Å². The van der Waals surface area contributed by atoms with Gasteiger partial charge in [-0.05, 0) is 57.8 Å². The van der Waals surface area contributed by atoms with Crippen LogP contribution in [0.5, 0.6) is 0 Å². The number of nitrogens with zero attached hydrogens (tertiary/aromatic N) is 3. The molecule has 1 aromatic rings. The molecule has 2 saturated heterocycles. The summed E-state index contributed by atoms with van der Waals surface area (Å²) in [5.74, 6) is 0.635. The summed E-state index contributed by atoms with van der Waals surface area (Å²) in [6.07, 6.45) is 3.11. The Labute approximate surface area is 152 Å². The average Bonchev–Trinajstić information content (AvgIpc) is 2.67. The van der Waals surface area contributed by atoms with Gasteiger partial charge in [-0.3, -0.25) is 4.79 Å². The fraction of sp³-hybridized carbons (Fsp3) is 0.667. The van der Waals surface area contributed by atoms with Crippen molar-refractivity contribution < 1.29 is 4.79 Å². The Bertz CT molecular complexity index is 570. The lowest BCUT2D eigenvalue weighted by molar-refractivity contribution is -0.137. The van der Waals surface area contributed by atoms with Crippen LogP contribution in [0.3, 0.4) is 0 Å². The molecule has 2 aliphatic heterocycles. The predicted molar refractivity (Wildman–Crippen MR) is 104 cm³/mol. The molecular weight excluding hydrogens is 310 g/mol. The zero-order chi connectivity index (χ0) is 17.8. The number of rotatable bonds is 4. The molecule has 4 heteroatoms. The second-order valence-electron chi connectivity index (χ2n) is 7.70. The van der Waals surface area contributed by atoms with E-state index in [1.165, 1.54) is 11.3 Å². The molecule has 2 aliphatic rings. The van der Waals surface area contributed by atoms with E-state index in [0.29, 0.717) is 11.9 Å². The summed E-state index contributed by atoms with van der Waals surface area (Å²) in [5.41, 5.74) is 2.76. The summed E-state index contributed by atoms with van der Waals surface area (Å²) in [6.45, 7) is 12.5. The van der Waals surface area contributed by atoms with Gasteiger partial charge in [-0.1, -0.05) is 25.1 Å². The van der Waals surface area contributed by atoms with Crippen LogP contribution in [0.25, 0.3) is 0 Å². The normalized spacial score (nSPS) is 20.3. The highest BCUT2D eigenvalue weighted by Crippen LogP contribution is 2.25. The van der Waals surface area contributed by atoms with E-state index >= 15 is 0 Å². The summed E-state index contributed by atoms with van der Waals surface area (Å²) >= 11 is 0. The number of piperazine rings is 1. The molecule has 25 heavy (non-hydrogen) atoms. The Balaban J connectivity index is 1.53. The quantitative estimate of drug-likeness (QED) is 0.841. The van der Waals surface area contributed by atoms with Crippen LogP contribution >= 0.6 is 0 Å². The molecule has 0 atom stereocenters. The first-order chi connectivity index (χ1) is 12.1. The third kappa shape index (κ3) is 4.17. The second kappa shape index (κ2) is 8.22. The number of piperidine rings is 1. The van der Waals surface area contributed by atoms with Crippen molar-refractivity contribution >= 4 is 11.6 Å². The van der Waals surface area contributed by atoms with Crippen molar-refractivity contribution in [2.45, 2.75) is 46.1 Å². The maximum atomic E-state index is 12.9. The van der Waals surface area contributed by atoms with E-state index in [0.717, 1.165) is 58.5 Å². The van der Waals surface area contributed by atoms with Crippen molar-refractivity contribution in [2.75, 3.05) is 44.2 Å². The highest BCUT2D eigenvalue weighted by Gasteiger charge is 2.31. The first-order valence-electron chi connectivity index (χ1n) is 9.95. The van der Waals surface area contributed by atoms with Crippen LogP contribution in [0.15, 0.2) is 24.3 Å². The molecule has 0 aliphatic carbocycles. The van der Waals surface area contributed by atoms with Crippen molar-refractivity contribution in [1.29, 1.82) is 0 Å². The number of anilines is 1. The van der Waals surface area contributed by atoms with Crippen molar-refractivity contribution in [1.82, 2.24) is 9.80 Å². The fourth-order valence-electron chi connectivity index (χ4n) is 4.21. The minimum absolute atomic E-state index is 0.240. The lowest BCUT2D eigenvalue weighted by Gasteiger charge is -2.40. The highest BCUT2D eigenvalue weighted by molar-refractivity contribution is 5.79. The molecule has 2 fully saturated rings. The summed E-state index contributed by atoms with van der Waals surface area (Å²) in [6, 6.07) is 9.27. The van der Waals surface area contributed by atoms with E-state index in [1.54, 1.807) is 0 Å². The molecule has 0 radical (unpaired) electrons. The topological polar surface area (TPSA) is 26.8 Å². The zero-order valence-corrected chi connectivity index (χ0v) is 16.1. The van der Waals surface area contributed by atoms with Crippen LogP contribution in [0.4, 0.5) is 5.69 Å². The third-order valence-corrected chi connectivity index (χ3v) is 5.91. The maximum absolute atomic E-state index is 12.9. The lowest BCUT2D eigenvalue weighted by atomic mass is 9.94. The minimum atomic E-state index is 0.240. The molecule has 1 aromatic carbocycles. The van der Waals surface area contributed by atoms with E-state index in [-0.39, 0.29) is 5.92 Å². The predicted octanol–water partition coefficient (Wildman–Crippen LogP) is 3.02. The number of aryl methyl sites for hydroxylation is 1. The molecule has 0 aromatic heterocycles. The van der Waals surface area contributed by atoms with Gasteiger partial charge in [-0.2, -0.15) is 0 Å². The number of hydrogen-bond donors (Lipinski definition) is 0. The van der Waals surface area contributed by atoms with E-state index < -0.39 is 0 Å². The van der Waals surface area contributed by atoms with Crippen molar-refractivity contribution in [3.05, 3.63) is 29.8 Å². The van der Waals surface area contributed by atoms with Gasteiger partial charge in [0.05, 0.1) is 0 Å². The van der Waals surface area contributed by atoms with Crippen LogP contribution in [0.1, 0.15) is 39.2 Å². The standard InChI is InChI=1S/C21H33N3O/c1-4-18-7-5-6-8-20(18)23-13-15-24(16-14-23)21(25)19-9-11-22(12-10-19)17(2)3/h5-8,17,19H,4,9-16H2,1-3H3. The Kier molecular flexibility index (Phi) is 6.00. The van der Waals surface area contributed by atoms with Gasteiger partial charge in [-0.15, -0.1) is 0 Å². The number of benzene rings is 1. The van der Waals surface area contributed by atoms with E-state index in [2.05, 4.69) is 59.7 Å². The average molecular weight is 344 g/mol. The fourth-order valence-corrected chi connectivity index (χ4v) is 4.21. The molecule has 0 spiro atoms. The SMILES string of the molecule is CCc1ccccc1N1CCN(C(=O)C2CCN(C(C)C)CC2)CC1. The monoisotopic (exact) mass is 343 g/mol. The van der Waals surface area contributed by atoms with Gasteiger partial charge in [0.15, 0.2) is 0 Å². The summed E-state index contributed by atoms with van der Waals surface area (Å²) in [4.78, 5) is 19.9. The molecule has 0 unspecified atom stereocenters. The molecule has 1 amide bonds. The van der Waals surface area contributed by atoms with Gasteiger partial charge >= 0.3 is 0 Å². The Morgan fingerprint density at radius 2 is 1.68 bits per heavy atom. The Morgan fingerprint density at radius 3 is 2.28 bits per heavy atom. The van der Waals surface area contributed by atoms with Crippen LogP contribution < -0.4 is 4.90 Å². The number of hydrogen-bond acceptors (Lipinski definition) is 3. The Morgan fingerprint density at radius 1 is 1.04 bits per heavy atom.